The lowest BCUT2D eigenvalue weighted by molar-refractivity contribution is -0.384. The Morgan fingerprint density at radius 2 is 1.85 bits per heavy atom. The Labute approximate surface area is 195 Å². The topological polar surface area (TPSA) is 120 Å². The van der Waals surface area contributed by atoms with Gasteiger partial charge in [0.05, 0.1) is 16.0 Å². The van der Waals surface area contributed by atoms with Crippen LogP contribution in [0.4, 0.5) is 16.2 Å². The van der Waals surface area contributed by atoms with Gasteiger partial charge in [0, 0.05) is 56.7 Å². The largest absolute Gasteiger partial charge is 0.337 e. The molecule has 0 bridgehead atoms. The lowest BCUT2D eigenvalue weighted by Gasteiger charge is -2.34. The summed E-state index contributed by atoms with van der Waals surface area (Å²) < 4.78 is 0. The molecule has 10 nitrogen and oxygen atoms in total. The van der Waals surface area contributed by atoms with E-state index in [0.29, 0.717) is 18.8 Å². The van der Waals surface area contributed by atoms with Crippen molar-refractivity contribution in [1.82, 2.24) is 24.8 Å². The van der Waals surface area contributed by atoms with Crippen molar-refractivity contribution in [2.24, 2.45) is 0 Å². The van der Waals surface area contributed by atoms with Crippen molar-refractivity contribution in [1.29, 1.82) is 0 Å². The summed E-state index contributed by atoms with van der Waals surface area (Å²) in [6, 6.07) is 17.6. The highest BCUT2D eigenvalue weighted by atomic mass is 16.6. The Bertz CT molecular complexity index is 1310. The molecule has 1 aliphatic heterocycles. The molecule has 0 radical (unpaired) electrons. The fourth-order valence-corrected chi connectivity index (χ4v) is 4.02. The zero-order chi connectivity index (χ0) is 23.5. The van der Waals surface area contributed by atoms with Gasteiger partial charge in [-0.3, -0.25) is 20.0 Å². The molecular weight excluding hydrogens is 434 g/mol. The van der Waals surface area contributed by atoms with Crippen molar-refractivity contribution in [2.75, 3.05) is 31.5 Å². The fraction of sp³-hybridized carbons (Fsp3) is 0.208. The quantitative estimate of drug-likeness (QED) is 0.347. The van der Waals surface area contributed by atoms with Crippen molar-refractivity contribution < 1.29 is 9.72 Å². The van der Waals surface area contributed by atoms with Crippen molar-refractivity contribution in [3.05, 3.63) is 82.5 Å². The third-order valence-corrected chi connectivity index (χ3v) is 5.85. The first-order valence-corrected chi connectivity index (χ1v) is 11.0. The molecule has 3 heterocycles. The summed E-state index contributed by atoms with van der Waals surface area (Å²) in [4.78, 5) is 39.3. The maximum atomic E-state index is 12.6. The smallest absolute Gasteiger partial charge is 0.321 e. The molecule has 0 saturated carbocycles. The normalized spacial score (nSPS) is 14.3. The van der Waals surface area contributed by atoms with Crippen LogP contribution in [0.5, 0.6) is 0 Å². The van der Waals surface area contributed by atoms with E-state index in [1.165, 1.54) is 29.8 Å². The highest BCUT2D eigenvalue weighted by Crippen LogP contribution is 2.21. The van der Waals surface area contributed by atoms with Crippen molar-refractivity contribution in [2.45, 2.75) is 6.54 Å². The predicted molar refractivity (Wildman–Crippen MR) is 128 cm³/mol. The number of aromatic nitrogens is 3. The van der Waals surface area contributed by atoms with Crippen LogP contribution in [0, 0.1) is 10.1 Å². The molecule has 2 N–H and O–H groups in total. The second kappa shape index (κ2) is 9.28. The average Bonchev–Trinajstić information content (AvgIpc) is 3.29. The Balaban J connectivity index is 1.16. The second-order valence-corrected chi connectivity index (χ2v) is 8.15. The molecule has 172 valence electrons. The number of nitro benzene ring substituents is 1. The third kappa shape index (κ3) is 4.71. The fourth-order valence-electron chi connectivity index (χ4n) is 4.02. The number of nitro groups is 1. The molecule has 0 spiro atoms. The first-order valence-electron chi connectivity index (χ1n) is 11.0. The molecule has 4 aromatic rings. The van der Waals surface area contributed by atoms with Crippen LogP contribution < -0.4 is 5.32 Å². The van der Waals surface area contributed by atoms with Crippen molar-refractivity contribution in [3.8, 4) is 11.5 Å². The minimum Gasteiger partial charge on any atom is -0.337 e. The number of nitrogens with one attached hydrogen (secondary N) is 2. The van der Waals surface area contributed by atoms with Crippen LogP contribution in [0.1, 0.15) is 5.56 Å². The second-order valence-electron chi connectivity index (χ2n) is 8.15. The summed E-state index contributed by atoms with van der Waals surface area (Å²) in [6.45, 7) is 3.51. The Kier molecular flexibility index (Phi) is 5.88. The number of aromatic amines is 1. The van der Waals surface area contributed by atoms with Gasteiger partial charge in [0.25, 0.3) is 5.69 Å². The van der Waals surface area contributed by atoms with E-state index in [-0.39, 0.29) is 11.7 Å². The number of urea groups is 1. The molecule has 2 aromatic heterocycles. The number of H-pyrrole nitrogens is 1. The van der Waals surface area contributed by atoms with Crippen LogP contribution in [0.25, 0.3) is 22.6 Å². The van der Waals surface area contributed by atoms with Gasteiger partial charge < -0.3 is 15.2 Å². The molecule has 1 saturated heterocycles. The van der Waals surface area contributed by atoms with Gasteiger partial charge in [-0.1, -0.05) is 12.1 Å². The van der Waals surface area contributed by atoms with Crippen LogP contribution >= 0.6 is 0 Å². The van der Waals surface area contributed by atoms with Gasteiger partial charge in [0.15, 0.2) is 5.82 Å². The van der Waals surface area contributed by atoms with E-state index in [1.807, 2.05) is 24.3 Å². The number of piperazine rings is 1. The van der Waals surface area contributed by atoms with Crippen LogP contribution in [0.2, 0.25) is 0 Å². The van der Waals surface area contributed by atoms with E-state index < -0.39 is 4.92 Å². The van der Waals surface area contributed by atoms with Gasteiger partial charge in [-0.15, -0.1) is 0 Å². The number of carbonyl (C=O) groups excluding carboxylic acids is 1. The number of anilines is 1. The molecular formula is C24H23N7O3. The minimum absolute atomic E-state index is 0.00659. The number of non-ortho nitro benzene ring substituents is 1. The number of hydrogen-bond acceptors (Lipinski definition) is 6. The van der Waals surface area contributed by atoms with Gasteiger partial charge >= 0.3 is 6.03 Å². The SMILES string of the molecule is O=C(Nc1ccc([N+](=O)[O-])cc1)N1CCN(Cc2ccc3nc(-c4ccccn4)[nH]c3c2)CC1. The number of amides is 2. The minimum atomic E-state index is -0.464. The zero-order valence-electron chi connectivity index (χ0n) is 18.3. The number of imidazole rings is 1. The van der Waals surface area contributed by atoms with Gasteiger partial charge in [0.2, 0.25) is 0 Å². The van der Waals surface area contributed by atoms with E-state index in [0.717, 1.165) is 42.2 Å². The lowest BCUT2D eigenvalue weighted by atomic mass is 10.1. The maximum Gasteiger partial charge on any atom is 0.321 e. The third-order valence-electron chi connectivity index (χ3n) is 5.85. The molecule has 0 aliphatic carbocycles. The summed E-state index contributed by atoms with van der Waals surface area (Å²) >= 11 is 0. The molecule has 1 fully saturated rings. The summed E-state index contributed by atoms with van der Waals surface area (Å²) in [7, 11) is 0. The molecule has 10 heteroatoms. The first kappa shape index (κ1) is 21.5. The molecule has 0 atom stereocenters. The molecule has 5 rings (SSSR count). The summed E-state index contributed by atoms with van der Waals surface area (Å²) in [6.07, 6.45) is 1.75. The number of rotatable bonds is 5. The van der Waals surface area contributed by atoms with Gasteiger partial charge in [-0.05, 0) is 42.0 Å². The maximum absolute atomic E-state index is 12.6. The predicted octanol–water partition coefficient (Wildman–Crippen LogP) is 3.88. The zero-order valence-corrected chi connectivity index (χ0v) is 18.3. The Morgan fingerprint density at radius 3 is 2.56 bits per heavy atom. The van der Waals surface area contributed by atoms with Gasteiger partial charge in [-0.25, -0.2) is 9.78 Å². The number of fused-ring (bicyclic) bond motifs is 1. The Morgan fingerprint density at radius 1 is 1.06 bits per heavy atom. The molecule has 2 amide bonds. The molecule has 1 aliphatic rings. The van der Waals surface area contributed by atoms with Crippen molar-refractivity contribution >= 4 is 28.4 Å². The van der Waals surface area contributed by atoms with E-state index >= 15 is 0 Å². The standard InChI is InChI=1S/C24H23N7O3/c32-24(26-18-5-7-19(8-6-18)31(33)34)30-13-11-29(12-14-30)16-17-4-9-20-22(15-17)28-23(27-20)21-3-1-2-10-25-21/h1-10,15H,11-14,16H2,(H,26,32)(H,27,28). The van der Waals surface area contributed by atoms with Crippen LogP contribution in [-0.4, -0.2) is 61.9 Å². The van der Waals surface area contributed by atoms with Crippen LogP contribution in [0.3, 0.4) is 0 Å². The summed E-state index contributed by atoms with van der Waals surface area (Å²) in [5, 5.41) is 13.6. The molecule has 0 unspecified atom stereocenters. The van der Waals surface area contributed by atoms with E-state index in [9.17, 15) is 14.9 Å². The van der Waals surface area contributed by atoms with Crippen LogP contribution in [-0.2, 0) is 6.54 Å². The number of pyridine rings is 1. The number of hydrogen-bond donors (Lipinski definition) is 2. The average molecular weight is 457 g/mol. The Hall–Kier alpha value is -4.31. The monoisotopic (exact) mass is 457 g/mol. The van der Waals surface area contributed by atoms with E-state index in [2.05, 4.69) is 37.3 Å². The number of nitrogens with zero attached hydrogens (tertiary/aromatic N) is 5. The summed E-state index contributed by atoms with van der Waals surface area (Å²) in [5.41, 5.74) is 4.39. The number of carbonyl (C=O) groups is 1. The lowest BCUT2D eigenvalue weighted by Crippen LogP contribution is -2.49. The van der Waals surface area contributed by atoms with Crippen LogP contribution in [0.15, 0.2) is 66.9 Å². The van der Waals surface area contributed by atoms with Gasteiger partial charge in [0.1, 0.15) is 5.69 Å². The number of benzene rings is 2. The summed E-state index contributed by atoms with van der Waals surface area (Å²) in [5.74, 6) is 0.750. The molecule has 2 aromatic carbocycles. The highest BCUT2D eigenvalue weighted by molar-refractivity contribution is 5.89. The first-order chi connectivity index (χ1) is 16.5. The molecule has 34 heavy (non-hydrogen) atoms. The van der Waals surface area contributed by atoms with Gasteiger partial charge in [-0.2, -0.15) is 0 Å². The van der Waals surface area contributed by atoms with E-state index in [1.54, 1.807) is 11.1 Å². The van der Waals surface area contributed by atoms with Crippen molar-refractivity contribution in [3.63, 3.8) is 0 Å². The highest BCUT2D eigenvalue weighted by Gasteiger charge is 2.21. The van der Waals surface area contributed by atoms with E-state index in [4.69, 9.17) is 0 Å².